The third-order valence-corrected chi connectivity index (χ3v) is 4.63. The number of carbonyl (C=O) groups excluding carboxylic acids is 4. The fourth-order valence-corrected chi connectivity index (χ4v) is 3.18. The number of rotatable bonds is 7. The van der Waals surface area contributed by atoms with Crippen molar-refractivity contribution in [1.29, 1.82) is 0 Å². The topological polar surface area (TPSA) is 116 Å². The maximum absolute atomic E-state index is 12.5. The van der Waals surface area contributed by atoms with Crippen molar-refractivity contribution in [2.45, 2.75) is 13.8 Å². The first-order valence-electron chi connectivity index (χ1n) is 9.64. The number of imide groups is 1. The highest BCUT2D eigenvalue weighted by atomic mass is 16.3. The van der Waals surface area contributed by atoms with Gasteiger partial charge in [0.15, 0.2) is 0 Å². The molecule has 1 aliphatic heterocycles. The Bertz CT molecular complexity index is 1020. The molecule has 0 atom stereocenters. The van der Waals surface area contributed by atoms with Crippen molar-refractivity contribution in [3.05, 3.63) is 64.7 Å². The van der Waals surface area contributed by atoms with Crippen LogP contribution in [0.3, 0.4) is 0 Å². The lowest BCUT2D eigenvalue weighted by Crippen LogP contribution is -2.34. The summed E-state index contributed by atoms with van der Waals surface area (Å²) in [5, 5.41) is 14.9. The Morgan fingerprint density at radius 3 is 2.23 bits per heavy atom. The Kier molecular flexibility index (Phi) is 6.15. The predicted octanol–water partition coefficient (Wildman–Crippen LogP) is 1.80. The van der Waals surface area contributed by atoms with Gasteiger partial charge in [0.25, 0.3) is 23.6 Å². The summed E-state index contributed by atoms with van der Waals surface area (Å²) in [5.74, 6) is -1.59. The molecule has 0 saturated carbocycles. The monoisotopic (exact) mass is 409 g/mol. The largest absolute Gasteiger partial charge is 0.507 e. The number of carbonyl (C=O) groups is 4. The summed E-state index contributed by atoms with van der Waals surface area (Å²) in [5.41, 5.74) is 0.929. The van der Waals surface area contributed by atoms with E-state index >= 15 is 0 Å². The third kappa shape index (κ3) is 4.32. The van der Waals surface area contributed by atoms with Crippen molar-refractivity contribution in [3.63, 3.8) is 0 Å². The number of nitrogens with one attached hydrogen (secondary N) is 2. The standard InChI is InChI=1S/C22H23N3O5/c1-13(2)12-25-21(29)15-8-7-14(11-17(15)22(25)30)19(27)23-9-10-24-20(28)16-5-3-4-6-18(16)26/h3-8,11,13,26H,9-10,12H2,1-2H3,(H,23,27)(H,24,28). The zero-order chi connectivity index (χ0) is 21.8. The molecule has 0 radical (unpaired) electrons. The fraction of sp³-hybridized carbons (Fsp3) is 0.273. The van der Waals surface area contributed by atoms with Gasteiger partial charge >= 0.3 is 0 Å². The summed E-state index contributed by atoms with van der Waals surface area (Å²) in [7, 11) is 0. The average molecular weight is 409 g/mol. The van der Waals surface area contributed by atoms with E-state index in [9.17, 15) is 24.3 Å². The Morgan fingerprint density at radius 2 is 1.57 bits per heavy atom. The van der Waals surface area contributed by atoms with Crippen LogP contribution in [0.25, 0.3) is 0 Å². The van der Waals surface area contributed by atoms with Gasteiger partial charge in [-0.1, -0.05) is 26.0 Å². The Morgan fingerprint density at radius 1 is 0.933 bits per heavy atom. The highest BCUT2D eigenvalue weighted by molar-refractivity contribution is 6.22. The third-order valence-electron chi connectivity index (χ3n) is 4.63. The Balaban J connectivity index is 1.57. The highest BCUT2D eigenvalue weighted by Crippen LogP contribution is 2.25. The molecule has 0 saturated heterocycles. The maximum atomic E-state index is 12.5. The molecule has 0 aromatic heterocycles. The number of nitrogens with zero attached hydrogens (tertiary/aromatic N) is 1. The molecule has 8 nitrogen and oxygen atoms in total. The van der Waals surface area contributed by atoms with Crippen molar-refractivity contribution < 1.29 is 24.3 Å². The molecule has 0 unspecified atom stereocenters. The van der Waals surface area contributed by atoms with E-state index in [0.29, 0.717) is 12.1 Å². The van der Waals surface area contributed by atoms with E-state index in [1.807, 2.05) is 13.8 Å². The average Bonchev–Trinajstić information content (AvgIpc) is 2.95. The van der Waals surface area contributed by atoms with Crippen molar-refractivity contribution in [2.24, 2.45) is 5.92 Å². The molecule has 2 aromatic carbocycles. The van der Waals surface area contributed by atoms with Gasteiger partial charge in [-0.15, -0.1) is 0 Å². The summed E-state index contributed by atoms with van der Waals surface area (Å²) >= 11 is 0. The van der Waals surface area contributed by atoms with Gasteiger partial charge in [-0.2, -0.15) is 0 Å². The molecule has 8 heteroatoms. The van der Waals surface area contributed by atoms with Crippen molar-refractivity contribution in [1.82, 2.24) is 15.5 Å². The summed E-state index contributed by atoms with van der Waals surface area (Å²) in [4.78, 5) is 50.5. The van der Waals surface area contributed by atoms with Crippen molar-refractivity contribution in [2.75, 3.05) is 19.6 Å². The maximum Gasteiger partial charge on any atom is 0.261 e. The first-order valence-corrected chi connectivity index (χ1v) is 9.64. The quantitative estimate of drug-likeness (QED) is 0.476. The van der Waals surface area contributed by atoms with Crippen LogP contribution < -0.4 is 10.6 Å². The molecule has 0 bridgehead atoms. The van der Waals surface area contributed by atoms with Crippen LogP contribution in [0, 0.1) is 5.92 Å². The van der Waals surface area contributed by atoms with Crippen LogP contribution in [0.1, 0.15) is 55.3 Å². The van der Waals surface area contributed by atoms with Crippen LogP contribution in [0.5, 0.6) is 5.75 Å². The van der Waals surface area contributed by atoms with E-state index in [1.165, 1.54) is 35.2 Å². The molecule has 30 heavy (non-hydrogen) atoms. The lowest BCUT2D eigenvalue weighted by atomic mass is 10.1. The molecule has 0 aliphatic carbocycles. The molecule has 0 spiro atoms. The number of aromatic hydroxyl groups is 1. The van der Waals surface area contributed by atoms with Gasteiger partial charge in [0, 0.05) is 25.2 Å². The summed E-state index contributed by atoms with van der Waals surface area (Å²) < 4.78 is 0. The van der Waals surface area contributed by atoms with E-state index in [4.69, 9.17) is 0 Å². The number of phenolic OH excluding ortho intramolecular Hbond substituents is 1. The zero-order valence-electron chi connectivity index (χ0n) is 16.8. The van der Waals surface area contributed by atoms with Crippen LogP contribution in [0.15, 0.2) is 42.5 Å². The number of hydrogen-bond acceptors (Lipinski definition) is 5. The van der Waals surface area contributed by atoms with Gasteiger partial charge in [-0.3, -0.25) is 24.1 Å². The van der Waals surface area contributed by atoms with Crippen LogP contribution >= 0.6 is 0 Å². The molecular weight excluding hydrogens is 386 g/mol. The molecule has 1 aliphatic rings. The predicted molar refractivity (Wildman–Crippen MR) is 109 cm³/mol. The summed E-state index contributed by atoms with van der Waals surface area (Å²) in [6.45, 7) is 4.47. The highest BCUT2D eigenvalue weighted by Gasteiger charge is 2.36. The lowest BCUT2D eigenvalue weighted by molar-refractivity contribution is 0.0635. The van der Waals surface area contributed by atoms with Crippen molar-refractivity contribution >= 4 is 23.6 Å². The summed E-state index contributed by atoms with van der Waals surface area (Å²) in [6.07, 6.45) is 0. The van der Waals surface area contributed by atoms with Crippen LogP contribution in [0.2, 0.25) is 0 Å². The lowest BCUT2D eigenvalue weighted by Gasteiger charge is -2.15. The Hall–Kier alpha value is -3.68. The second-order valence-electron chi connectivity index (χ2n) is 7.40. The van der Waals surface area contributed by atoms with Gasteiger partial charge in [0.05, 0.1) is 16.7 Å². The molecular formula is C22H23N3O5. The summed E-state index contributed by atoms with van der Waals surface area (Å²) in [6, 6.07) is 10.6. The SMILES string of the molecule is CC(C)CN1C(=O)c2ccc(C(=O)NCCNC(=O)c3ccccc3O)cc2C1=O. The number of amides is 4. The van der Waals surface area contributed by atoms with E-state index in [2.05, 4.69) is 10.6 Å². The number of phenols is 1. The molecule has 1 heterocycles. The first kappa shape index (κ1) is 21.0. The minimum Gasteiger partial charge on any atom is -0.507 e. The molecule has 4 amide bonds. The van der Waals surface area contributed by atoms with E-state index in [-0.39, 0.29) is 47.4 Å². The first-order chi connectivity index (χ1) is 14.3. The number of para-hydroxylation sites is 1. The van der Waals surface area contributed by atoms with Crippen LogP contribution in [-0.2, 0) is 0 Å². The molecule has 2 aromatic rings. The smallest absolute Gasteiger partial charge is 0.261 e. The van der Waals surface area contributed by atoms with Gasteiger partial charge in [-0.25, -0.2) is 0 Å². The number of benzene rings is 2. The fourth-order valence-electron chi connectivity index (χ4n) is 3.18. The minimum absolute atomic E-state index is 0.122. The molecule has 3 rings (SSSR count). The van der Waals surface area contributed by atoms with Crippen LogP contribution in [-0.4, -0.2) is 53.3 Å². The molecule has 3 N–H and O–H groups in total. The molecule has 156 valence electrons. The molecule has 0 fully saturated rings. The number of fused-ring (bicyclic) bond motifs is 1. The normalized spacial score (nSPS) is 12.8. The van der Waals surface area contributed by atoms with Gasteiger partial charge < -0.3 is 15.7 Å². The van der Waals surface area contributed by atoms with E-state index < -0.39 is 17.7 Å². The van der Waals surface area contributed by atoms with Crippen molar-refractivity contribution in [3.8, 4) is 5.75 Å². The zero-order valence-corrected chi connectivity index (χ0v) is 16.8. The van der Waals surface area contributed by atoms with Gasteiger partial charge in [-0.05, 0) is 36.2 Å². The van der Waals surface area contributed by atoms with E-state index in [1.54, 1.807) is 12.1 Å². The van der Waals surface area contributed by atoms with Gasteiger partial charge in [0.2, 0.25) is 0 Å². The van der Waals surface area contributed by atoms with Crippen LogP contribution in [0.4, 0.5) is 0 Å². The Labute approximate surface area is 173 Å². The van der Waals surface area contributed by atoms with Gasteiger partial charge in [0.1, 0.15) is 5.75 Å². The second-order valence-corrected chi connectivity index (χ2v) is 7.40. The minimum atomic E-state index is -0.450. The number of hydrogen-bond donors (Lipinski definition) is 3. The second kappa shape index (κ2) is 8.77. The van der Waals surface area contributed by atoms with E-state index in [0.717, 1.165) is 0 Å².